The van der Waals surface area contributed by atoms with Gasteiger partial charge in [-0.1, -0.05) is 149 Å². The lowest BCUT2D eigenvalue weighted by Gasteiger charge is -2.30. The van der Waals surface area contributed by atoms with Gasteiger partial charge in [0.25, 0.3) is 0 Å². The lowest BCUT2D eigenvalue weighted by atomic mass is 9.74. The summed E-state index contributed by atoms with van der Waals surface area (Å²) < 4.78 is 0. The van der Waals surface area contributed by atoms with Crippen molar-refractivity contribution < 1.29 is 0 Å². The fourth-order valence-electron chi connectivity index (χ4n) is 8.11. The van der Waals surface area contributed by atoms with E-state index in [2.05, 4.69) is 181 Å². The summed E-state index contributed by atoms with van der Waals surface area (Å²) in [5.74, 6) is 0. The van der Waals surface area contributed by atoms with Crippen LogP contribution >= 0.6 is 11.8 Å². The zero-order valence-electron chi connectivity index (χ0n) is 29.8. The van der Waals surface area contributed by atoms with Crippen molar-refractivity contribution in [2.75, 3.05) is 11.9 Å². The Hall–Kier alpha value is -4.53. The van der Waals surface area contributed by atoms with Gasteiger partial charge in [0.05, 0.1) is 0 Å². The molecule has 0 fully saturated rings. The summed E-state index contributed by atoms with van der Waals surface area (Å²) in [4.78, 5) is 5.04. The first-order chi connectivity index (χ1) is 23.6. The van der Waals surface area contributed by atoms with E-state index in [0.29, 0.717) is 0 Å². The van der Waals surface area contributed by atoms with Crippen molar-refractivity contribution in [2.24, 2.45) is 0 Å². The largest absolute Gasteiger partial charge is 0.347 e. The highest BCUT2D eigenvalue weighted by atomic mass is 32.2. The minimum Gasteiger partial charge on any atom is -0.347 e. The van der Waals surface area contributed by atoms with Crippen LogP contribution in [0, 0.1) is 6.92 Å². The first-order valence-corrected chi connectivity index (χ1v) is 18.4. The first-order valence-electron chi connectivity index (χ1n) is 17.6. The molecule has 7 rings (SSSR count). The standard InChI is InChI=1S/C47H47NS/c1-32-24-26-34-16-11-13-22-39(34)43(32)46(3,4)33(2)25-27-36-18-15-19-37(45(36)49-38-20-9-8-10-21-38)29-31-42-47(5,6)44-40-23-14-12-17-35(40)28-30-41(44)48(42)7/h8-14,16-17,20-31H,2,15,18-19H2,1,3-7H3/b27-25+,37-29+,42-31+. The predicted octanol–water partition coefficient (Wildman–Crippen LogP) is 13.2. The Morgan fingerprint density at radius 2 is 1.45 bits per heavy atom. The fourth-order valence-corrected chi connectivity index (χ4v) is 9.24. The summed E-state index contributed by atoms with van der Waals surface area (Å²) in [6, 6.07) is 37.4. The molecular weight excluding hydrogens is 611 g/mol. The van der Waals surface area contributed by atoms with E-state index in [9.17, 15) is 0 Å². The van der Waals surface area contributed by atoms with Crippen LogP contribution in [0.25, 0.3) is 21.5 Å². The van der Waals surface area contributed by atoms with Crippen LogP contribution in [-0.4, -0.2) is 7.05 Å². The van der Waals surface area contributed by atoms with Crippen LogP contribution in [0.15, 0.2) is 166 Å². The smallest absolute Gasteiger partial charge is 0.0454 e. The van der Waals surface area contributed by atoms with Gasteiger partial charge in [-0.15, -0.1) is 0 Å². The van der Waals surface area contributed by atoms with Gasteiger partial charge in [0, 0.05) is 39.1 Å². The summed E-state index contributed by atoms with van der Waals surface area (Å²) in [5.41, 5.74) is 10.3. The van der Waals surface area contributed by atoms with E-state index in [4.69, 9.17) is 0 Å². The lowest BCUT2D eigenvalue weighted by Crippen LogP contribution is -2.22. The molecule has 0 radical (unpaired) electrons. The highest BCUT2D eigenvalue weighted by Crippen LogP contribution is 2.50. The maximum Gasteiger partial charge on any atom is 0.0454 e. The van der Waals surface area contributed by atoms with E-state index in [1.165, 1.54) is 70.6 Å². The molecule has 0 aromatic heterocycles. The van der Waals surface area contributed by atoms with Crippen molar-refractivity contribution in [3.05, 3.63) is 178 Å². The molecule has 49 heavy (non-hydrogen) atoms. The normalized spacial score (nSPS) is 18.0. The number of thioether (sulfide) groups is 1. The van der Waals surface area contributed by atoms with E-state index in [1.807, 2.05) is 11.8 Å². The van der Waals surface area contributed by atoms with Crippen LogP contribution in [-0.2, 0) is 10.8 Å². The van der Waals surface area contributed by atoms with E-state index >= 15 is 0 Å². The van der Waals surface area contributed by atoms with Gasteiger partial charge >= 0.3 is 0 Å². The van der Waals surface area contributed by atoms with Crippen molar-refractivity contribution in [1.82, 2.24) is 0 Å². The molecule has 0 unspecified atom stereocenters. The third-order valence-corrected chi connectivity index (χ3v) is 12.1. The fraction of sp³-hybridized carbons (Fsp3) is 0.234. The van der Waals surface area contributed by atoms with Crippen molar-refractivity contribution in [1.29, 1.82) is 0 Å². The van der Waals surface area contributed by atoms with Crippen molar-refractivity contribution in [3.8, 4) is 0 Å². The number of likely N-dealkylation sites (N-methyl/N-ethyl adjacent to an activating group) is 1. The number of allylic oxidation sites excluding steroid dienone is 8. The maximum atomic E-state index is 4.67. The average molecular weight is 658 g/mol. The highest BCUT2D eigenvalue weighted by Gasteiger charge is 2.39. The summed E-state index contributed by atoms with van der Waals surface area (Å²) in [6.45, 7) is 16.3. The van der Waals surface area contributed by atoms with Crippen molar-refractivity contribution in [2.45, 2.75) is 69.6 Å². The lowest BCUT2D eigenvalue weighted by molar-refractivity contribution is 0.643. The second-order valence-corrected chi connectivity index (χ2v) is 15.8. The molecule has 0 saturated carbocycles. The Morgan fingerprint density at radius 1 is 0.796 bits per heavy atom. The first kappa shape index (κ1) is 33.0. The van der Waals surface area contributed by atoms with Crippen LogP contribution in [0.1, 0.15) is 63.6 Å². The van der Waals surface area contributed by atoms with E-state index in [0.717, 1.165) is 24.8 Å². The molecule has 2 heteroatoms. The molecule has 5 aromatic rings. The van der Waals surface area contributed by atoms with Gasteiger partial charge in [0.15, 0.2) is 0 Å². The summed E-state index contributed by atoms with van der Waals surface area (Å²) >= 11 is 1.90. The van der Waals surface area contributed by atoms with Gasteiger partial charge in [0.1, 0.15) is 0 Å². The average Bonchev–Trinajstić information content (AvgIpc) is 3.30. The number of nitrogens with zero attached hydrogens (tertiary/aromatic N) is 1. The zero-order chi connectivity index (χ0) is 34.3. The summed E-state index contributed by atoms with van der Waals surface area (Å²) in [5, 5.41) is 5.24. The maximum absolute atomic E-state index is 4.67. The van der Waals surface area contributed by atoms with Crippen LogP contribution in [0.5, 0.6) is 0 Å². The molecule has 1 aliphatic carbocycles. The van der Waals surface area contributed by atoms with Gasteiger partial charge in [-0.3, -0.25) is 0 Å². The Labute approximate surface area is 297 Å². The zero-order valence-corrected chi connectivity index (χ0v) is 30.6. The van der Waals surface area contributed by atoms with Gasteiger partial charge < -0.3 is 4.90 Å². The quantitative estimate of drug-likeness (QED) is 0.160. The van der Waals surface area contributed by atoms with Crippen LogP contribution in [0.2, 0.25) is 0 Å². The van der Waals surface area contributed by atoms with Crippen molar-refractivity contribution >= 4 is 39.0 Å². The van der Waals surface area contributed by atoms with Gasteiger partial charge in [-0.05, 0) is 105 Å². The molecule has 1 aliphatic heterocycles. The van der Waals surface area contributed by atoms with E-state index in [-0.39, 0.29) is 10.8 Å². The molecule has 0 amide bonds. The Bertz CT molecular complexity index is 2210. The monoisotopic (exact) mass is 657 g/mol. The summed E-state index contributed by atoms with van der Waals surface area (Å²) in [7, 11) is 2.22. The van der Waals surface area contributed by atoms with Crippen LogP contribution in [0.3, 0.4) is 0 Å². The molecule has 246 valence electrons. The number of anilines is 1. The van der Waals surface area contributed by atoms with Gasteiger partial charge in [0.2, 0.25) is 0 Å². The third-order valence-electron chi connectivity index (χ3n) is 10.8. The molecule has 0 atom stereocenters. The molecule has 0 bridgehead atoms. The number of aryl methyl sites for hydroxylation is 1. The minimum atomic E-state index is -0.218. The Morgan fingerprint density at radius 3 is 2.20 bits per heavy atom. The van der Waals surface area contributed by atoms with E-state index < -0.39 is 0 Å². The summed E-state index contributed by atoms with van der Waals surface area (Å²) in [6.07, 6.45) is 12.7. The third kappa shape index (κ3) is 6.02. The predicted molar refractivity (Wildman–Crippen MR) is 215 cm³/mol. The topological polar surface area (TPSA) is 3.24 Å². The molecule has 0 saturated heterocycles. The molecule has 5 aromatic carbocycles. The van der Waals surface area contributed by atoms with Crippen molar-refractivity contribution in [3.63, 3.8) is 0 Å². The second kappa shape index (κ2) is 13.1. The minimum absolute atomic E-state index is 0.112. The number of rotatable bonds is 7. The number of fused-ring (bicyclic) bond motifs is 4. The number of hydrogen-bond acceptors (Lipinski definition) is 2. The molecular formula is C47H47NS. The second-order valence-electron chi connectivity index (χ2n) is 14.7. The Kier molecular flexibility index (Phi) is 8.80. The molecule has 1 nitrogen and oxygen atoms in total. The molecule has 0 N–H and O–H groups in total. The van der Waals surface area contributed by atoms with Gasteiger partial charge in [-0.2, -0.15) is 0 Å². The number of benzene rings is 5. The van der Waals surface area contributed by atoms with E-state index in [1.54, 1.807) is 0 Å². The van der Waals surface area contributed by atoms with Crippen LogP contribution < -0.4 is 4.90 Å². The van der Waals surface area contributed by atoms with Gasteiger partial charge in [-0.25, -0.2) is 0 Å². The molecule has 1 heterocycles. The number of hydrogen-bond donors (Lipinski definition) is 0. The van der Waals surface area contributed by atoms with Crippen LogP contribution in [0.4, 0.5) is 5.69 Å². The SMILES string of the molecule is C=C(/C=C/C1=C(Sc2ccccc2)C(=C/C=C2/N(C)c3ccc4ccccc4c3C2(C)C)/CCC1)C(C)(C)c1c(C)ccc2ccccc12. The highest BCUT2D eigenvalue weighted by molar-refractivity contribution is 8.03. The Balaban J connectivity index is 1.27. The molecule has 0 spiro atoms. The molecule has 2 aliphatic rings.